The number of anilines is 2. The molecule has 4 aromatic rings. The Morgan fingerprint density at radius 2 is 1.78 bits per heavy atom. The molecule has 2 amide bonds. The van der Waals surface area contributed by atoms with Crippen molar-refractivity contribution < 1.29 is 9.59 Å². The number of nitrogens with one attached hydrogen (secondary N) is 3. The molecular weight excluding hydrogens is 467 g/mol. The van der Waals surface area contributed by atoms with Crippen molar-refractivity contribution in [2.45, 2.75) is 13.3 Å². The van der Waals surface area contributed by atoms with Gasteiger partial charge in [-0.25, -0.2) is 0 Å². The Morgan fingerprint density at radius 1 is 1.03 bits per heavy atom. The molecule has 9 heteroatoms. The highest BCUT2D eigenvalue weighted by molar-refractivity contribution is 7.10. The molecule has 2 aromatic heterocycles. The summed E-state index contributed by atoms with van der Waals surface area (Å²) < 4.78 is 0. The van der Waals surface area contributed by atoms with Crippen LogP contribution in [0.5, 0.6) is 0 Å². The number of carbonyl (C=O) groups excluding carboxylic acids is 2. The number of aromatic nitrogens is 1. The Labute approximate surface area is 198 Å². The van der Waals surface area contributed by atoms with Gasteiger partial charge >= 0.3 is 0 Å². The third-order valence-electron chi connectivity index (χ3n) is 4.77. The monoisotopic (exact) mass is 484 g/mol. The third-order valence-corrected chi connectivity index (χ3v) is 6.27. The molecule has 0 bridgehead atoms. The topological polar surface area (TPSA) is 83.1 Å². The second kappa shape index (κ2) is 9.56. The van der Waals surface area contributed by atoms with Crippen LogP contribution < -0.4 is 16.2 Å². The van der Waals surface area contributed by atoms with Crippen LogP contribution in [0, 0.1) is 6.92 Å². The van der Waals surface area contributed by atoms with Crippen molar-refractivity contribution in [3.05, 3.63) is 86.2 Å². The largest absolute Gasteiger partial charge is 0.320 e. The molecule has 0 atom stereocenters. The van der Waals surface area contributed by atoms with Gasteiger partial charge in [0.15, 0.2) is 0 Å². The zero-order valence-corrected chi connectivity index (χ0v) is 19.2. The summed E-state index contributed by atoms with van der Waals surface area (Å²) in [6, 6.07) is 14.1. The zero-order chi connectivity index (χ0) is 22.7. The van der Waals surface area contributed by atoms with Crippen molar-refractivity contribution in [1.82, 2.24) is 10.4 Å². The Morgan fingerprint density at radius 3 is 2.50 bits per heavy atom. The quantitative estimate of drug-likeness (QED) is 0.299. The lowest BCUT2D eigenvalue weighted by molar-refractivity contribution is -0.119. The third kappa shape index (κ3) is 4.70. The number of fused-ring (bicyclic) bond motifs is 1. The van der Waals surface area contributed by atoms with Gasteiger partial charge in [-0.1, -0.05) is 47.5 Å². The molecule has 0 aliphatic rings. The lowest BCUT2D eigenvalue weighted by Crippen LogP contribution is -2.31. The first-order chi connectivity index (χ1) is 15.4. The van der Waals surface area contributed by atoms with Crippen LogP contribution in [0.25, 0.3) is 10.9 Å². The summed E-state index contributed by atoms with van der Waals surface area (Å²) >= 11 is 13.9. The summed E-state index contributed by atoms with van der Waals surface area (Å²) in [6.07, 6.45) is 1.96. The van der Waals surface area contributed by atoms with Crippen LogP contribution in [-0.2, 0) is 11.2 Å². The highest BCUT2D eigenvalue weighted by Gasteiger charge is 2.17. The first-order valence-electron chi connectivity index (χ1n) is 9.65. The maximum atomic E-state index is 12.8. The number of rotatable bonds is 6. The van der Waals surface area contributed by atoms with E-state index >= 15 is 0 Å². The Bertz CT molecular complexity index is 1290. The summed E-state index contributed by atoms with van der Waals surface area (Å²) in [5, 5.41) is 6.03. The predicted molar refractivity (Wildman–Crippen MR) is 131 cm³/mol. The molecule has 0 radical (unpaired) electrons. The van der Waals surface area contributed by atoms with E-state index in [1.165, 1.54) is 11.3 Å². The summed E-state index contributed by atoms with van der Waals surface area (Å²) in [6.45, 7) is 1.88. The normalized spacial score (nSPS) is 10.7. The second-order valence-electron chi connectivity index (χ2n) is 7.00. The average molecular weight is 485 g/mol. The number of hydrogen-bond donors (Lipinski definition) is 3. The number of halogens is 2. The first kappa shape index (κ1) is 22.1. The van der Waals surface area contributed by atoms with Crippen molar-refractivity contribution in [3.63, 3.8) is 0 Å². The van der Waals surface area contributed by atoms with Gasteiger partial charge in [0.25, 0.3) is 5.91 Å². The van der Waals surface area contributed by atoms with Gasteiger partial charge in [0, 0.05) is 16.5 Å². The number of thiophene rings is 1. The van der Waals surface area contributed by atoms with Gasteiger partial charge in [-0.15, -0.1) is 11.3 Å². The van der Waals surface area contributed by atoms with Crippen LogP contribution in [0.4, 0.5) is 11.4 Å². The second-order valence-corrected chi connectivity index (χ2v) is 8.84. The number of amides is 2. The molecule has 0 saturated heterocycles. The lowest BCUT2D eigenvalue weighted by atomic mass is 10.1. The molecule has 162 valence electrons. The van der Waals surface area contributed by atoms with Crippen LogP contribution in [0.15, 0.2) is 60.1 Å². The standard InChI is InChI=1S/C23H18Cl2N4O2S/c1-13-12-26-22-15(21(13)29-28-19(30)11-14-5-4-10-32-14)6-2-9-18(22)27-23(31)20-16(24)7-3-8-17(20)25/h2-10,12H,11H2,1H3,(H,26,29)(H,27,31)(H,28,30). The molecule has 2 aromatic carbocycles. The van der Waals surface area contributed by atoms with E-state index in [1.807, 2.05) is 30.5 Å². The van der Waals surface area contributed by atoms with E-state index < -0.39 is 5.91 Å². The van der Waals surface area contributed by atoms with Crippen LogP contribution in [-0.4, -0.2) is 16.8 Å². The van der Waals surface area contributed by atoms with E-state index in [4.69, 9.17) is 23.2 Å². The Kier molecular flexibility index (Phi) is 6.60. The lowest BCUT2D eigenvalue weighted by Gasteiger charge is -2.15. The molecule has 6 nitrogen and oxygen atoms in total. The van der Waals surface area contributed by atoms with E-state index in [0.29, 0.717) is 16.9 Å². The van der Waals surface area contributed by atoms with Crippen LogP contribution in [0.3, 0.4) is 0 Å². The van der Waals surface area contributed by atoms with Gasteiger partial charge in [0.05, 0.1) is 38.9 Å². The fraction of sp³-hybridized carbons (Fsp3) is 0.0870. The number of hydrazine groups is 1. The van der Waals surface area contributed by atoms with Crippen LogP contribution in [0.1, 0.15) is 20.8 Å². The minimum atomic E-state index is -0.436. The molecule has 0 aliphatic heterocycles. The molecule has 2 heterocycles. The summed E-state index contributed by atoms with van der Waals surface area (Å²) in [7, 11) is 0. The van der Waals surface area contributed by atoms with Gasteiger partial charge in [-0.2, -0.15) is 0 Å². The molecule has 3 N–H and O–H groups in total. The molecular formula is C23H18Cl2N4O2S. The number of pyridine rings is 1. The SMILES string of the molecule is Cc1cnc2c(NC(=O)c3c(Cl)cccc3Cl)cccc2c1NNC(=O)Cc1cccs1. The van der Waals surface area contributed by atoms with E-state index in [2.05, 4.69) is 21.2 Å². The fourth-order valence-electron chi connectivity index (χ4n) is 3.24. The van der Waals surface area contributed by atoms with Crippen molar-refractivity contribution in [3.8, 4) is 0 Å². The number of para-hydroxylation sites is 1. The zero-order valence-electron chi connectivity index (χ0n) is 16.9. The van der Waals surface area contributed by atoms with Crippen molar-refractivity contribution in [2.75, 3.05) is 10.7 Å². The van der Waals surface area contributed by atoms with Gasteiger partial charge in [-0.3, -0.25) is 25.4 Å². The van der Waals surface area contributed by atoms with E-state index in [-0.39, 0.29) is 27.9 Å². The predicted octanol–water partition coefficient (Wildman–Crippen LogP) is 5.85. The number of nitrogens with zero attached hydrogens (tertiary/aromatic N) is 1. The number of hydrogen-bond acceptors (Lipinski definition) is 5. The van der Waals surface area contributed by atoms with Gasteiger partial charge in [0.1, 0.15) is 0 Å². The van der Waals surface area contributed by atoms with Gasteiger partial charge in [0.2, 0.25) is 5.91 Å². The minimum Gasteiger partial charge on any atom is -0.320 e. The Hall–Kier alpha value is -3.13. The number of carbonyl (C=O) groups is 2. The van der Waals surface area contributed by atoms with E-state index in [1.54, 1.807) is 36.5 Å². The van der Waals surface area contributed by atoms with Crippen LogP contribution >= 0.6 is 34.5 Å². The molecule has 0 unspecified atom stereocenters. The molecule has 0 saturated carbocycles. The molecule has 0 aliphatic carbocycles. The first-order valence-corrected chi connectivity index (χ1v) is 11.3. The number of aryl methyl sites for hydroxylation is 1. The minimum absolute atomic E-state index is 0.158. The van der Waals surface area contributed by atoms with Crippen molar-refractivity contribution in [2.24, 2.45) is 0 Å². The summed E-state index contributed by atoms with van der Waals surface area (Å²) in [5.41, 5.74) is 8.53. The molecule has 0 spiro atoms. The fourth-order valence-corrected chi connectivity index (χ4v) is 4.51. The maximum Gasteiger partial charge on any atom is 0.258 e. The van der Waals surface area contributed by atoms with E-state index in [9.17, 15) is 9.59 Å². The molecule has 0 fully saturated rings. The van der Waals surface area contributed by atoms with E-state index in [0.717, 1.165) is 15.8 Å². The smallest absolute Gasteiger partial charge is 0.258 e. The summed E-state index contributed by atoms with van der Waals surface area (Å²) in [4.78, 5) is 30.6. The molecule has 32 heavy (non-hydrogen) atoms. The van der Waals surface area contributed by atoms with Gasteiger partial charge in [-0.05, 0) is 42.1 Å². The Balaban J connectivity index is 1.59. The molecule has 4 rings (SSSR count). The highest BCUT2D eigenvalue weighted by Crippen LogP contribution is 2.31. The average Bonchev–Trinajstić information content (AvgIpc) is 3.26. The van der Waals surface area contributed by atoms with Crippen molar-refractivity contribution >= 4 is 68.6 Å². The number of benzene rings is 2. The maximum absolute atomic E-state index is 12.8. The summed E-state index contributed by atoms with van der Waals surface area (Å²) in [5.74, 6) is -0.594. The van der Waals surface area contributed by atoms with Crippen LogP contribution in [0.2, 0.25) is 10.0 Å². The van der Waals surface area contributed by atoms with Gasteiger partial charge < -0.3 is 5.32 Å². The highest BCUT2D eigenvalue weighted by atomic mass is 35.5. The van der Waals surface area contributed by atoms with Crippen molar-refractivity contribution in [1.29, 1.82) is 0 Å².